The standard InChI is InChI=1S/C27H29N7O/c1-17-5-9-21(10-6-17)30-26-32-25(33-27(34-26)31-22-11-7-18(2)8-12-22)28-16-24(35)29-23-14-19(3)13-20(4)15-23/h5-15H,16H2,1-4H3,(H,29,35)(H3,28,30,31,32,33,34). The van der Waals surface area contributed by atoms with Crippen LogP contribution in [0.25, 0.3) is 0 Å². The van der Waals surface area contributed by atoms with Crippen LogP contribution in [0.3, 0.4) is 0 Å². The van der Waals surface area contributed by atoms with Crippen LogP contribution in [-0.4, -0.2) is 27.4 Å². The smallest absolute Gasteiger partial charge is 0.243 e. The van der Waals surface area contributed by atoms with E-state index in [0.717, 1.165) is 39.3 Å². The predicted octanol–water partition coefficient (Wildman–Crippen LogP) is 5.64. The largest absolute Gasteiger partial charge is 0.345 e. The van der Waals surface area contributed by atoms with Crippen LogP contribution in [0.15, 0.2) is 66.7 Å². The van der Waals surface area contributed by atoms with Crippen LogP contribution in [0.4, 0.5) is 34.9 Å². The molecule has 0 fully saturated rings. The van der Waals surface area contributed by atoms with Crippen molar-refractivity contribution in [2.75, 3.05) is 27.8 Å². The molecule has 0 saturated heterocycles. The maximum absolute atomic E-state index is 12.5. The van der Waals surface area contributed by atoms with Crippen LogP contribution in [0.1, 0.15) is 22.3 Å². The molecule has 4 rings (SSSR count). The lowest BCUT2D eigenvalue weighted by Gasteiger charge is -2.12. The third-order valence-electron chi connectivity index (χ3n) is 5.16. The number of hydrogen-bond donors (Lipinski definition) is 4. The molecule has 0 radical (unpaired) electrons. The molecule has 1 aromatic heterocycles. The Morgan fingerprint density at radius 1 is 0.600 bits per heavy atom. The Hall–Kier alpha value is -4.46. The summed E-state index contributed by atoms with van der Waals surface area (Å²) in [5.41, 5.74) is 6.94. The van der Waals surface area contributed by atoms with E-state index in [0.29, 0.717) is 11.9 Å². The van der Waals surface area contributed by atoms with Gasteiger partial charge < -0.3 is 21.3 Å². The summed E-state index contributed by atoms with van der Waals surface area (Å²) < 4.78 is 0. The first-order chi connectivity index (χ1) is 16.8. The van der Waals surface area contributed by atoms with Crippen molar-refractivity contribution in [2.45, 2.75) is 27.7 Å². The molecule has 4 aromatic rings. The topological polar surface area (TPSA) is 104 Å². The Balaban J connectivity index is 1.51. The van der Waals surface area contributed by atoms with Gasteiger partial charge in [-0.15, -0.1) is 0 Å². The molecule has 0 saturated carbocycles. The Morgan fingerprint density at radius 3 is 1.54 bits per heavy atom. The number of carbonyl (C=O) groups is 1. The van der Waals surface area contributed by atoms with Gasteiger partial charge in [0, 0.05) is 17.1 Å². The van der Waals surface area contributed by atoms with Crippen molar-refractivity contribution in [3.8, 4) is 0 Å². The van der Waals surface area contributed by atoms with Crippen molar-refractivity contribution in [2.24, 2.45) is 0 Å². The summed E-state index contributed by atoms with van der Waals surface area (Å²) in [5, 5.41) is 12.3. The molecule has 1 heterocycles. The maximum atomic E-state index is 12.5. The van der Waals surface area contributed by atoms with E-state index in [4.69, 9.17) is 0 Å². The zero-order valence-corrected chi connectivity index (χ0v) is 20.3. The molecule has 1 amide bonds. The van der Waals surface area contributed by atoms with Gasteiger partial charge in [-0.2, -0.15) is 15.0 Å². The van der Waals surface area contributed by atoms with Crippen LogP contribution < -0.4 is 21.3 Å². The monoisotopic (exact) mass is 467 g/mol. The van der Waals surface area contributed by atoms with Gasteiger partial charge in [-0.3, -0.25) is 4.79 Å². The lowest BCUT2D eigenvalue weighted by atomic mass is 10.1. The number of nitrogens with zero attached hydrogens (tertiary/aromatic N) is 3. The number of rotatable bonds is 8. The normalized spacial score (nSPS) is 10.5. The van der Waals surface area contributed by atoms with Crippen LogP contribution in [0, 0.1) is 27.7 Å². The second-order valence-corrected chi connectivity index (χ2v) is 8.57. The number of aromatic nitrogens is 3. The predicted molar refractivity (Wildman–Crippen MR) is 142 cm³/mol. The van der Waals surface area contributed by atoms with Gasteiger partial charge in [-0.1, -0.05) is 41.5 Å². The van der Waals surface area contributed by atoms with E-state index in [1.54, 1.807) is 0 Å². The van der Waals surface area contributed by atoms with Gasteiger partial charge >= 0.3 is 0 Å². The highest BCUT2D eigenvalue weighted by molar-refractivity contribution is 5.93. The molecule has 0 atom stereocenters. The van der Waals surface area contributed by atoms with Crippen LogP contribution >= 0.6 is 0 Å². The number of nitrogens with one attached hydrogen (secondary N) is 4. The van der Waals surface area contributed by atoms with Gasteiger partial charge in [0.15, 0.2) is 0 Å². The van der Waals surface area contributed by atoms with Gasteiger partial charge in [-0.25, -0.2) is 0 Å². The lowest BCUT2D eigenvalue weighted by molar-refractivity contribution is -0.114. The molecule has 0 spiro atoms. The molecule has 0 aliphatic rings. The fourth-order valence-corrected chi connectivity index (χ4v) is 3.51. The number of benzene rings is 3. The van der Waals surface area contributed by atoms with E-state index >= 15 is 0 Å². The van der Waals surface area contributed by atoms with Crippen molar-refractivity contribution in [1.82, 2.24) is 15.0 Å². The first-order valence-corrected chi connectivity index (χ1v) is 11.4. The quantitative estimate of drug-likeness (QED) is 0.266. The summed E-state index contributed by atoms with van der Waals surface area (Å²) in [6, 6.07) is 21.8. The summed E-state index contributed by atoms with van der Waals surface area (Å²) in [5.74, 6) is 0.794. The number of anilines is 6. The third-order valence-corrected chi connectivity index (χ3v) is 5.16. The molecule has 0 aliphatic heterocycles. The molecule has 178 valence electrons. The van der Waals surface area contributed by atoms with Crippen molar-refractivity contribution in [3.63, 3.8) is 0 Å². The van der Waals surface area contributed by atoms with E-state index in [2.05, 4.69) is 42.3 Å². The fraction of sp³-hybridized carbons (Fsp3) is 0.185. The second-order valence-electron chi connectivity index (χ2n) is 8.57. The molecule has 8 heteroatoms. The van der Waals surface area contributed by atoms with Crippen LogP contribution in [-0.2, 0) is 4.79 Å². The molecule has 4 N–H and O–H groups in total. The van der Waals surface area contributed by atoms with Crippen molar-refractivity contribution >= 4 is 40.8 Å². The molecular weight excluding hydrogens is 438 g/mol. The van der Waals surface area contributed by atoms with E-state index in [9.17, 15) is 4.79 Å². The number of amides is 1. The second kappa shape index (κ2) is 10.6. The SMILES string of the molecule is Cc1ccc(Nc2nc(NCC(=O)Nc3cc(C)cc(C)c3)nc(Nc3ccc(C)cc3)n2)cc1. The van der Waals surface area contributed by atoms with E-state index < -0.39 is 0 Å². The molecule has 3 aromatic carbocycles. The highest BCUT2D eigenvalue weighted by Crippen LogP contribution is 2.20. The summed E-state index contributed by atoms with van der Waals surface area (Å²) >= 11 is 0. The molecule has 35 heavy (non-hydrogen) atoms. The molecule has 0 bridgehead atoms. The average molecular weight is 468 g/mol. The molecule has 0 unspecified atom stereocenters. The van der Waals surface area contributed by atoms with Gasteiger partial charge in [0.25, 0.3) is 0 Å². The summed E-state index contributed by atoms with van der Waals surface area (Å²) in [6.45, 7) is 8.06. The Bertz CT molecular complexity index is 1230. The minimum absolute atomic E-state index is 0.00491. The number of aryl methyl sites for hydroxylation is 4. The van der Waals surface area contributed by atoms with Crippen molar-refractivity contribution in [1.29, 1.82) is 0 Å². The minimum atomic E-state index is -0.198. The van der Waals surface area contributed by atoms with Crippen molar-refractivity contribution < 1.29 is 4.79 Å². The van der Waals surface area contributed by atoms with Crippen molar-refractivity contribution in [3.05, 3.63) is 89.0 Å². The van der Waals surface area contributed by atoms with Gasteiger partial charge in [0.05, 0.1) is 6.54 Å². The van der Waals surface area contributed by atoms with E-state index in [-0.39, 0.29) is 18.4 Å². The third kappa shape index (κ3) is 7.01. The van der Waals surface area contributed by atoms with E-state index in [1.807, 2.05) is 88.4 Å². The zero-order valence-electron chi connectivity index (χ0n) is 20.3. The summed E-state index contributed by atoms with van der Waals surface area (Å²) in [7, 11) is 0. The summed E-state index contributed by atoms with van der Waals surface area (Å²) in [6.07, 6.45) is 0. The molecular formula is C27H29N7O. The Kier molecular flexibility index (Phi) is 7.21. The first-order valence-electron chi connectivity index (χ1n) is 11.4. The van der Waals surface area contributed by atoms with Crippen LogP contribution in [0.2, 0.25) is 0 Å². The van der Waals surface area contributed by atoms with E-state index in [1.165, 1.54) is 0 Å². The number of carbonyl (C=O) groups excluding carboxylic acids is 1. The first kappa shape index (κ1) is 23.7. The van der Waals surface area contributed by atoms with Gasteiger partial charge in [0.2, 0.25) is 23.8 Å². The number of hydrogen-bond acceptors (Lipinski definition) is 7. The fourth-order valence-electron chi connectivity index (χ4n) is 3.51. The Labute approximate surface area is 205 Å². The minimum Gasteiger partial charge on any atom is -0.345 e. The highest BCUT2D eigenvalue weighted by atomic mass is 16.1. The van der Waals surface area contributed by atoms with Gasteiger partial charge in [0.1, 0.15) is 0 Å². The highest BCUT2D eigenvalue weighted by Gasteiger charge is 2.10. The van der Waals surface area contributed by atoms with Gasteiger partial charge in [-0.05, 0) is 75.2 Å². The van der Waals surface area contributed by atoms with Crippen LogP contribution in [0.5, 0.6) is 0 Å². The summed E-state index contributed by atoms with van der Waals surface area (Å²) in [4.78, 5) is 25.9. The average Bonchev–Trinajstić information content (AvgIpc) is 2.80. The molecule has 0 aliphatic carbocycles. The maximum Gasteiger partial charge on any atom is 0.243 e. The Morgan fingerprint density at radius 2 is 1.06 bits per heavy atom. The molecule has 8 nitrogen and oxygen atoms in total. The lowest BCUT2D eigenvalue weighted by Crippen LogP contribution is -2.23. The zero-order chi connectivity index (χ0) is 24.8.